The van der Waals surface area contributed by atoms with Crippen molar-refractivity contribution in [2.24, 2.45) is 11.7 Å². The summed E-state index contributed by atoms with van der Waals surface area (Å²) in [6, 6.07) is 8.67. The highest BCUT2D eigenvalue weighted by atomic mass is 19.2. The lowest BCUT2D eigenvalue weighted by Crippen LogP contribution is -2.50. The molecular weight excluding hydrogens is 455 g/mol. The first kappa shape index (κ1) is 23.9. The Kier molecular flexibility index (Phi) is 6.57. The fourth-order valence-electron chi connectivity index (χ4n) is 6.08. The fourth-order valence-corrected chi connectivity index (χ4v) is 6.08. The number of nitrogens with two attached hydrogens (primary N) is 1. The van der Waals surface area contributed by atoms with Crippen molar-refractivity contribution in [3.8, 4) is 0 Å². The molecule has 0 aliphatic carbocycles. The van der Waals surface area contributed by atoms with Crippen LogP contribution in [0.4, 0.5) is 13.2 Å². The van der Waals surface area contributed by atoms with E-state index in [1.54, 1.807) is 0 Å². The highest BCUT2D eigenvalue weighted by Crippen LogP contribution is 2.41. The van der Waals surface area contributed by atoms with Gasteiger partial charge in [-0.15, -0.1) is 0 Å². The van der Waals surface area contributed by atoms with Crippen molar-refractivity contribution < 1.29 is 22.8 Å². The van der Waals surface area contributed by atoms with Crippen molar-refractivity contribution in [3.05, 3.63) is 70.5 Å². The smallest absolute Gasteiger partial charge is 0.254 e. The fraction of sp³-hybridized carbons (Fsp3) is 0.481. The summed E-state index contributed by atoms with van der Waals surface area (Å²) < 4.78 is 41.0. The third-order valence-corrected chi connectivity index (χ3v) is 7.87. The number of piperidine rings is 1. The second kappa shape index (κ2) is 9.64. The van der Waals surface area contributed by atoms with E-state index in [-0.39, 0.29) is 41.8 Å². The maximum atomic E-state index is 14.1. The number of nitrogens with zero attached hydrogens (tertiary/aromatic N) is 2. The molecule has 0 spiro atoms. The number of fused-ring (bicyclic) bond motifs is 2. The van der Waals surface area contributed by atoms with Crippen LogP contribution in [0.25, 0.3) is 0 Å². The lowest BCUT2D eigenvalue weighted by atomic mass is 9.82. The van der Waals surface area contributed by atoms with Gasteiger partial charge in [0.2, 0.25) is 5.91 Å². The minimum absolute atomic E-state index is 0.00855. The molecule has 2 unspecified atom stereocenters. The van der Waals surface area contributed by atoms with E-state index in [0.29, 0.717) is 37.4 Å². The monoisotopic (exact) mass is 485 g/mol. The van der Waals surface area contributed by atoms with E-state index in [2.05, 4.69) is 0 Å². The van der Waals surface area contributed by atoms with Crippen LogP contribution in [0.2, 0.25) is 0 Å². The van der Waals surface area contributed by atoms with Crippen LogP contribution >= 0.6 is 0 Å². The molecule has 3 aliphatic rings. The summed E-state index contributed by atoms with van der Waals surface area (Å²) in [5.74, 6) is -2.86. The maximum Gasteiger partial charge on any atom is 0.254 e. The number of hydrogen-bond acceptors (Lipinski definition) is 3. The van der Waals surface area contributed by atoms with Crippen LogP contribution in [0.1, 0.15) is 60.0 Å². The van der Waals surface area contributed by atoms with Gasteiger partial charge in [0.15, 0.2) is 11.6 Å². The molecule has 8 heteroatoms. The molecule has 3 aliphatic heterocycles. The molecule has 2 N–H and O–H groups in total. The van der Waals surface area contributed by atoms with E-state index in [4.69, 9.17) is 5.73 Å². The van der Waals surface area contributed by atoms with E-state index >= 15 is 0 Å². The summed E-state index contributed by atoms with van der Waals surface area (Å²) in [6.45, 7) is 1.27. The molecule has 3 saturated heterocycles. The number of rotatable bonds is 6. The molecule has 3 atom stereocenters. The summed E-state index contributed by atoms with van der Waals surface area (Å²) in [4.78, 5) is 29.3. The van der Waals surface area contributed by atoms with Crippen LogP contribution in [-0.4, -0.2) is 46.3 Å². The first-order valence-electron chi connectivity index (χ1n) is 12.4. The number of carbonyl (C=O) groups is 2. The predicted octanol–water partition coefficient (Wildman–Crippen LogP) is 4.18. The number of amides is 2. The first-order chi connectivity index (χ1) is 16.8. The van der Waals surface area contributed by atoms with Gasteiger partial charge >= 0.3 is 0 Å². The van der Waals surface area contributed by atoms with Gasteiger partial charge in [-0.1, -0.05) is 12.1 Å². The van der Waals surface area contributed by atoms with Crippen molar-refractivity contribution in [3.63, 3.8) is 0 Å². The Labute approximate surface area is 203 Å². The topological polar surface area (TPSA) is 66.6 Å². The molecule has 35 heavy (non-hydrogen) atoms. The Hall–Kier alpha value is -2.87. The van der Waals surface area contributed by atoms with Gasteiger partial charge in [0.1, 0.15) is 5.82 Å². The normalized spacial score (nSPS) is 24.8. The third-order valence-electron chi connectivity index (χ3n) is 7.87. The molecular formula is C27H30F3N3O2. The summed E-state index contributed by atoms with van der Waals surface area (Å²) in [6.07, 6.45) is 4.77. The van der Waals surface area contributed by atoms with Crippen LogP contribution in [0.15, 0.2) is 36.4 Å². The summed E-state index contributed by atoms with van der Waals surface area (Å²) >= 11 is 0. The zero-order chi connectivity index (χ0) is 24.7. The average Bonchev–Trinajstić information content (AvgIpc) is 3.35. The second-order valence-electron chi connectivity index (χ2n) is 10.2. The number of hydrogen-bond donors (Lipinski definition) is 1. The Morgan fingerprint density at radius 2 is 1.74 bits per heavy atom. The van der Waals surface area contributed by atoms with E-state index in [9.17, 15) is 22.8 Å². The quantitative estimate of drug-likeness (QED) is 0.625. The van der Waals surface area contributed by atoms with Gasteiger partial charge in [-0.2, -0.15) is 0 Å². The van der Waals surface area contributed by atoms with Gasteiger partial charge in [-0.3, -0.25) is 9.59 Å². The minimum Gasteiger partial charge on any atom is -0.338 e. The van der Waals surface area contributed by atoms with Gasteiger partial charge in [0.25, 0.3) is 5.91 Å². The predicted molar refractivity (Wildman–Crippen MR) is 125 cm³/mol. The summed E-state index contributed by atoms with van der Waals surface area (Å²) in [5.41, 5.74) is 8.06. The van der Waals surface area contributed by atoms with Crippen molar-refractivity contribution in [1.82, 2.24) is 9.80 Å². The lowest BCUT2D eigenvalue weighted by molar-refractivity contribution is -0.128. The molecule has 2 amide bonds. The SMILES string of the molecule is N[C@H](Cc1cc(F)c(F)cc1F)C1CC2CCC(C1)N2C(=O)c1cccc(CN2CCCC2=O)c1. The van der Waals surface area contributed by atoms with Gasteiger partial charge in [-0.05, 0) is 73.8 Å². The van der Waals surface area contributed by atoms with Gasteiger partial charge in [0, 0.05) is 49.3 Å². The standard InChI is InChI=1S/C27H30F3N3O2/c28-22-14-24(30)23(29)12-18(22)13-25(31)19-10-20-6-7-21(11-19)33(20)27(35)17-4-1-3-16(9-17)15-32-8-2-5-26(32)34/h1,3-4,9,12,14,19-21,25H,2,5-8,10-11,13,15,31H2/t19?,20?,21?,25-/m1/s1. The van der Waals surface area contributed by atoms with E-state index in [1.165, 1.54) is 0 Å². The lowest BCUT2D eigenvalue weighted by Gasteiger charge is -2.41. The van der Waals surface area contributed by atoms with E-state index in [0.717, 1.165) is 37.4 Å². The van der Waals surface area contributed by atoms with E-state index in [1.807, 2.05) is 34.1 Å². The van der Waals surface area contributed by atoms with Crippen molar-refractivity contribution in [1.29, 1.82) is 0 Å². The zero-order valence-electron chi connectivity index (χ0n) is 19.6. The van der Waals surface area contributed by atoms with Crippen LogP contribution in [0, 0.1) is 23.4 Å². The first-order valence-corrected chi connectivity index (χ1v) is 12.4. The van der Waals surface area contributed by atoms with Gasteiger partial charge in [0.05, 0.1) is 0 Å². The van der Waals surface area contributed by atoms with Crippen molar-refractivity contribution in [2.45, 2.75) is 69.6 Å². The van der Waals surface area contributed by atoms with E-state index < -0.39 is 23.5 Å². The number of carbonyl (C=O) groups excluding carboxylic acids is 2. The highest BCUT2D eigenvalue weighted by molar-refractivity contribution is 5.95. The summed E-state index contributed by atoms with van der Waals surface area (Å²) in [7, 11) is 0. The molecule has 5 rings (SSSR count). The Morgan fingerprint density at radius 1 is 1.03 bits per heavy atom. The molecule has 2 aromatic carbocycles. The van der Waals surface area contributed by atoms with Crippen molar-refractivity contribution >= 4 is 11.8 Å². The van der Waals surface area contributed by atoms with Crippen LogP contribution in [-0.2, 0) is 17.8 Å². The van der Waals surface area contributed by atoms with Crippen LogP contribution < -0.4 is 5.73 Å². The van der Waals surface area contributed by atoms with Gasteiger partial charge < -0.3 is 15.5 Å². The zero-order valence-corrected chi connectivity index (χ0v) is 19.6. The number of likely N-dealkylation sites (tertiary alicyclic amines) is 1. The third kappa shape index (κ3) is 4.81. The molecule has 2 aromatic rings. The van der Waals surface area contributed by atoms with Crippen LogP contribution in [0.5, 0.6) is 0 Å². The number of halogens is 3. The largest absolute Gasteiger partial charge is 0.338 e. The molecule has 3 heterocycles. The minimum atomic E-state index is -1.21. The van der Waals surface area contributed by atoms with Crippen LogP contribution in [0.3, 0.4) is 0 Å². The average molecular weight is 486 g/mol. The van der Waals surface area contributed by atoms with Gasteiger partial charge in [-0.25, -0.2) is 13.2 Å². The molecule has 5 nitrogen and oxygen atoms in total. The Bertz CT molecular complexity index is 1130. The molecule has 2 bridgehead atoms. The molecule has 0 aromatic heterocycles. The second-order valence-corrected chi connectivity index (χ2v) is 10.2. The maximum absolute atomic E-state index is 14.1. The van der Waals surface area contributed by atoms with Crippen molar-refractivity contribution in [2.75, 3.05) is 6.54 Å². The Morgan fingerprint density at radius 3 is 2.43 bits per heavy atom. The molecule has 0 saturated carbocycles. The Balaban J connectivity index is 1.25. The molecule has 0 radical (unpaired) electrons. The summed E-state index contributed by atoms with van der Waals surface area (Å²) in [5, 5.41) is 0. The molecule has 186 valence electrons. The number of benzene rings is 2. The highest BCUT2D eigenvalue weighted by Gasteiger charge is 2.44. The molecule has 3 fully saturated rings.